The van der Waals surface area contributed by atoms with E-state index >= 15 is 0 Å². The van der Waals surface area contributed by atoms with Gasteiger partial charge in [0.25, 0.3) is 0 Å². The smallest absolute Gasteiger partial charge is 0.137 e. The lowest BCUT2D eigenvalue weighted by atomic mass is 10.1. The molecule has 0 saturated heterocycles. The Morgan fingerprint density at radius 2 is 1.59 bits per heavy atom. The molecule has 4 nitrogen and oxygen atoms in total. The fraction of sp³-hybridized carbons (Fsp3) is 0. The van der Waals surface area contributed by atoms with Crippen LogP contribution in [-0.2, 0) is 0 Å². The first kappa shape index (κ1) is 18.7. The van der Waals surface area contributed by atoms with Gasteiger partial charge in [-0.2, -0.15) is 5.26 Å². The third-order valence-electron chi connectivity index (χ3n) is 6.48. The fourth-order valence-electron chi connectivity index (χ4n) is 5.05. The summed E-state index contributed by atoms with van der Waals surface area (Å²) in [6.45, 7) is 0. The molecule has 0 fully saturated rings. The van der Waals surface area contributed by atoms with Gasteiger partial charge in [-0.15, -0.1) is 0 Å². The van der Waals surface area contributed by atoms with Gasteiger partial charge in [0, 0.05) is 33.6 Å². The van der Waals surface area contributed by atoms with E-state index in [9.17, 15) is 5.26 Å². The Morgan fingerprint density at radius 3 is 2.50 bits per heavy atom. The second-order valence-electron chi connectivity index (χ2n) is 8.35. The van der Waals surface area contributed by atoms with Crippen molar-refractivity contribution >= 4 is 43.7 Å². The first-order chi connectivity index (χ1) is 16.8. The Labute approximate surface area is 194 Å². The Morgan fingerprint density at radius 1 is 0.735 bits per heavy atom. The van der Waals surface area contributed by atoms with Crippen molar-refractivity contribution in [1.29, 1.82) is 5.26 Å². The van der Waals surface area contributed by atoms with Crippen molar-refractivity contribution < 1.29 is 4.42 Å². The molecule has 3 aromatic heterocycles. The second-order valence-corrected chi connectivity index (χ2v) is 8.35. The van der Waals surface area contributed by atoms with Gasteiger partial charge >= 0.3 is 0 Å². The van der Waals surface area contributed by atoms with Crippen molar-refractivity contribution in [2.75, 3.05) is 0 Å². The molecule has 0 radical (unpaired) electrons. The van der Waals surface area contributed by atoms with E-state index in [-0.39, 0.29) is 0 Å². The summed E-state index contributed by atoms with van der Waals surface area (Å²) < 4.78 is 8.51. The number of fused-ring (bicyclic) bond motifs is 7. The van der Waals surface area contributed by atoms with Crippen LogP contribution < -0.4 is 0 Å². The number of nitrogens with zero attached hydrogens (tertiary/aromatic N) is 3. The highest BCUT2D eigenvalue weighted by Gasteiger charge is 2.19. The van der Waals surface area contributed by atoms with E-state index in [1.807, 2.05) is 30.3 Å². The molecule has 0 saturated carbocycles. The van der Waals surface area contributed by atoms with Gasteiger partial charge in [0.15, 0.2) is 0 Å². The number of hydrogen-bond donors (Lipinski definition) is 0. The summed E-state index contributed by atoms with van der Waals surface area (Å²) in [6, 6.07) is 35.0. The van der Waals surface area contributed by atoms with Gasteiger partial charge in [-0.3, -0.25) is 4.98 Å². The molecule has 4 heteroatoms. The zero-order valence-electron chi connectivity index (χ0n) is 18.1. The quantitative estimate of drug-likeness (QED) is 0.281. The highest BCUT2D eigenvalue weighted by Crippen LogP contribution is 2.41. The van der Waals surface area contributed by atoms with Gasteiger partial charge in [0.2, 0.25) is 0 Å². The molecule has 0 atom stereocenters. The summed E-state index contributed by atoms with van der Waals surface area (Å²) in [5.41, 5.74) is 7.14. The van der Waals surface area contributed by atoms with Crippen molar-refractivity contribution in [3.05, 3.63) is 109 Å². The summed E-state index contributed by atoms with van der Waals surface area (Å²) >= 11 is 0. The average molecular weight is 435 g/mol. The van der Waals surface area contributed by atoms with Gasteiger partial charge in [-0.05, 0) is 48.5 Å². The first-order valence-electron chi connectivity index (χ1n) is 11.1. The number of aromatic nitrogens is 2. The number of hydrogen-bond acceptors (Lipinski definition) is 3. The highest BCUT2D eigenvalue weighted by atomic mass is 16.3. The predicted octanol–water partition coefficient (Wildman–Crippen LogP) is 7.62. The van der Waals surface area contributed by atoms with E-state index < -0.39 is 0 Å². The molecule has 34 heavy (non-hydrogen) atoms. The van der Waals surface area contributed by atoms with Crippen molar-refractivity contribution in [2.45, 2.75) is 0 Å². The lowest BCUT2D eigenvalue weighted by molar-refractivity contribution is 0.669. The molecule has 7 rings (SSSR count). The van der Waals surface area contributed by atoms with E-state index in [0.29, 0.717) is 11.3 Å². The lowest BCUT2D eigenvalue weighted by Crippen LogP contribution is -1.96. The minimum absolute atomic E-state index is 0.560. The molecule has 0 amide bonds. The summed E-state index contributed by atoms with van der Waals surface area (Å²) in [5.74, 6) is 0. The Balaban J connectivity index is 1.63. The molecular weight excluding hydrogens is 418 g/mol. The third kappa shape index (κ3) is 2.55. The van der Waals surface area contributed by atoms with Crippen LogP contribution in [0.5, 0.6) is 0 Å². The molecule has 3 heterocycles. The third-order valence-corrected chi connectivity index (χ3v) is 6.48. The van der Waals surface area contributed by atoms with Crippen LogP contribution in [0.15, 0.2) is 108 Å². The van der Waals surface area contributed by atoms with Crippen LogP contribution in [0.1, 0.15) is 5.56 Å². The summed E-state index contributed by atoms with van der Waals surface area (Å²) in [7, 11) is 0. The topological polar surface area (TPSA) is 54.8 Å². The second kappa shape index (κ2) is 7.06. The van der Waals surface area contributed by atoms with Gasteiger partial charge < -0.3 is 8.98 Å². The molecule has 0 aliphatic heterocycles. The van der Waals surface area contributed by atoms with Crippen LogP contribution in [0.2, 0.25) is 0 Å². The Bertz CT molecular complexity index is 1930. The van der Waals surface area contributed by atoms with E-state index in [0.717, 1.165) is 44.2 Å². The van der Waals surface area contributed by atoms with Gasteiger partial charge in [0.1, 0.15) is 17.2 Å². The number of benzene rings is 4. The molecule has 0 aliphatic carbocycles. The number of nitriles is 1. The van der Waals surface area contributed by atoms with Crippen LogP contribution in [0, 0.1) is 11.3 Å². The predicted molar refractivity (Wildman–Crippen MR) is 136 cm³/mol. The average Bonchev–Trinajstić information content (AvgIpc) is 3.44. The number of furan rings is 1. The normalized spacial score (nSPS) is 11.5. The SMILES string of the molecule is N#Cc1cccnc1-c1cccc(-n2c3ccccc3c3ccc4oc5ccccc5c4c32)c1. The number of rotatable bonds is 2. The van der Waals surface area contributed by atoms with Crippen molar-refractivity contribution in [3.63, 3.8) is 0 Å². The van der Waals surface area contributed by atoms with Crippen LogP contribution in [0.4, 0.5) is 0 Å². The standard InChI is InChI=1S/C30H17N3O/c31-18-20-8-6-16-32-29(20)19-7-5-9-21(17-19)33-25-12-3-1-10-22(25)23-14-15-27-28(30(23)33)24-11-2-4-13-26(24)34-27/h1-17H. The Hall–Kier alpha value is -4.88. The van der Waals surface area contributed by atoms with Crippen LogP contribution in [0.25, 0.3) is 60.7 Å². The van der Waals surface area contributed by atoms with Gasteiger partial charge in [0.05, 0.1) is 27.7 Å². The summed E-state index contributed by atoms with van der Waals surface area (Å²) in [4.78, 5) is 4.50. The monoisotopic (exact) mass is 435 g/mol. The van der Waals surface area contributed by atoms with E-state index in [1.54, 1.807) is 18.3 Å². The zero-order chi connectivity index (χ0) is 22.6. The van der Waals surface area contributed by atoms with Crippen LogP contribution >= 0.6 is 0 Å². The number of pyridine rings is 1. The molecule has 0 unspecified atom stereocenters. The lowest BCUT2D eigenvalue weighted by Gasteiger charge is -2.11. The zero-order valence-corrected chi connectivity index (χ0v) is 18.1. The molecule has 4 aromatic carbocycles. The first-order valence-corrected chi connectivity index (χ1v) is 11.1. The van der Waals surface area contributed by atoms with Gasteiger partial charge in [-0.25, -0.2) is 0 Å². The number of para-hydroxylation sites is 2. The molecule has 0 aliphatic rings. The van der Waals surface area contributed by atoms with Crippen molar-refractivity contribution in [3.8, 4) is 23.0 Å². The molecule has 0 bridgehead atoms. The van der Waals surface area contributed by atoms with E-state index in [1.165, 1.54) is 10.8 Å². The summed E-state index contributed by atoms with van der Waals surface area (Å²) in [5, 5.41) is 14.2. The van der Waals surface area contributed by atoms with Crippen molar-refractivity contribution in [1.82, 2.24) is 9.55 Å². The molecular formula is C30H17N3O. The van der Waals surface area contributed by atoms with E-state index in [2.05, 4.69) is 70.2 Å². The maximum Gasteiger partial charge on any atom is 0.137 e. The van der Waals surface area contributed by atoms with Crippen molar-refractivity contribution in [2.24, 2.45) is 0 Å². The van der Waals surface area contributed by atoms with Crippen LogP contribution in [0.3, 0.4) is 0 Å². The Kier molecular flexibility index (Phi) is 3.88. The van der Waals surface area contributed by atoms with Gasteiger partial charge in [-0.1, -0.05) is 48.5 Å². The van der Waals surface area contributed by atoms with E-state index in [4.69, 9.17) is 4.42 Å². The molecule has 0 N–H and O–H groups in total. The maximum absolute atomic E-state index is 9.61. The summed E-state index contributed by atoms with van der Waals surface area (Å²) in [6.07, 6.45) is 1.73. The molecule has 0 spiro atoms. The fourth-order valence-corrected chi connectivity index (χ4v) is 5.05. The largest absolute Gasteiger partial charge is 0.456 e. The minimum Gasteiger partial charge on any atom is -0.456 e. The minimum atomic E-state index is 0.560. The maximum atomic E-state index is 9.61. The highest BCUT2D eigenvalue weighted by molar-refractivity contribution is 6.24. The van der Waals surface area contributed by atoms with Crippen LogP contribution in [-0.4, -0.2) is 9.55 Å². The molecule has 158 valence electrons. The molecule has 7 aromatic rings.